The van der Waals surface area contributed by atoms with Gasteiger partial charge in [-0.3, -0.25) is 9.69 Å². The molecule has 1 aromatic rings. The molecule has 1 amide bonds. The van der Waals surface area contributed by atoms with Crippen LogP contribution in [0, 0.1) is 6.92 Å². The average molecular weight is 224 g/mol. The molecule has 1 saturated heterocycles. The molecule has 7 nitrogen and oxygen atoms in total. The van der Waals surface area contributed by atoms with Crippen molar-refractivity contribution in [1.29, 1.82) is 0 Å². The average Bonchev–Trinajstić information content (AvgIpc) is 2.57. The van der Waals surface area contributed by atoms with E-state index in [2.05, 4.69) is 15.0 Å². The summed E-state index contributed by atoms with van der Waals surface area (Å²) in [6, 6.07) is 0.164. The van der Waals surface area contributed by atoms with E-state index in [0.717, 1.165) is 0 Å². The van der Waals surface area contributed by atoms with Crippen molar-refractivity contribution in [2.75, 3.05) is 18.6 Å². The highest BCUT2D eigenvalue weighted by molar-refractivity contribution is 5.94. The quantitative estimate of drug-likeness (QED) is 0.713. The summed E-state index contributed by atoms with van der Waals surface area (Å²) in [5.41, 5.74) is 0. The van der Waals surface area contributed by atoms with E-state index in [-0.39, 0.29) is 30.8 Å². The second kappa shape index (κ2) is 4.01. The van der Waals surface area contributed by atoms with Crippen molar-refractivity contribution in [3.8, 4) is 6.01 Å². The van der Waals surface area contributed by atoms with E-state index in [1.54, 1.807) is 6.92 Å². The van der Waals surface area contributed by atoms with E-state index in [0.29, 0.717) is 5.82 Å². The summed E-state index contributed by atoms with van der Waals surface area (Å²) in [7, 11) is 1.44. The van der Waals surface area contributed by atoms with Crippen LogP contribution in [0.3, 0.4) is 0 Å². The Morgan fingerprint density at radius 1 is 1.44 bits per heavy atom. The third kappa shape index (κ3) is 1.94. The highest BCUT2D eigenvalue weighted by atomic mass is 16.5. The maximum absolute atomic E-state index is 11.5. The van der Waals surface area contributed by atoms with E-state index in [1.807, 2.05) is 0 Å². The minimum Gasteiger partial charge on any atom is -0.467 e. The molecule has 1 aliphatic rings. The van der Waals surface area contributed by atoms with Gasteiger partial charge < -0.3 is 9.84 Å². The van der Waals surface area contributed by atoms with E-state index < -0.39 is 6.10 Å². The summed E-state index contributed by atoms with van der Waals surface area (Å²) in [5.74, 6) is 0.502. The number of anilines is 1. The van der Waals surface area contributed by atoms with Crippen LogP contribution in [0.25, 0.3) is 0 Å². The Morgan fingerprint density at radius 2 is 2.19 bits per heavy atom. The van der Waals surface area contributed by atoms with Crippen LogP contribution in [0.5, 0.6) is 6.01 Å². The Balaban J connectivity index is 2.33. The van der Waals surface area contributed by atoms with Gasteiger partial charge in [0.25, 0.3) is 0 Å². The first-order valence-electron chi connectivity index (χ1n) is 4.85. The van der Waals surface area contributed by atoms with Gasteiger partial charge in [0.1, 0.15) is 5.82 Å². The van der Waals surface area contributed by atoms with Gasteiger partial charge in [0, 0.05) is 0 Å². The molecule has 1 fully saturated rings. The summed E-state index contributed by atoms with van der Waals surface area (Å²) < 4.78 is 4.89. The van der Waals surface area contributed by atoms with Gasteiger partial charge in [-0.25, -0.2) is 0 Å². The van der Waals surface area contributed by atoms with Gasteiger partial charge in [0.05, 0.1) is 26.2 Å². The van der Waals surface area contributed by atoms with Crippen molar-refractivity contribution in [3.63, 3.8) is 0 Å². The van der Waals surface area contributed by atoms with Crippen LogP contribution in [-0.2, 0) is 4.79 Å². The fourth-order valence-electron chi connectivity index (χ4n) is 1.54. The Kier molecular flexibility index (Phi) is 2.69. The van der Waals surface area contributed by atoms with E-state index >= 15 is 0 Å². The number of methoxy groups -OCH3 is 1. The summed E-state index contributed by atoms with van der Waals surface area (Å²) in [5, 5.41) is 9.36. The number of aryl methyl sites for hydroxylation is 1. The largest absolute Gasteiger partial charge is 0.467 e. The molecule has 1 aliphatic heterocycles. The van der Waals surface area contributed by atoms with Gasteiger partial charge in [-0.1, -0.05) is 0 Å². The highest BCUT2D eigenvalue weighted by Gasteiger charge is 2.31. The standard InChI is InChI=1S/C9H12N4O3/c1-5-10-8(12-9(11-5)16-2)13-4-6(14)3-7(13)15/h6,14H,3-4H2,1-2H3. The Bertz CT molecular complexity index is 423. The Morgan fingerprint density at radius 3 is 2.75 bits per heavy atom. The maximum atomic E-state index is 11.5. The van der Waals surface area contributed by atoms with Crippen molar-refractivity contribution >= 4 is 11.9 Å². The first kappa shape index (κ1) is 10.7. The molecule has 0 aromatic carbocycles. The summed E-state index contributed by atoms with van der Waals surface area (Å²) in [6.45, 7) is 1.90. The minimum atomic E-state index is -0.657. The van der Waals surface area contributed by atoms with E-state index in [4.69, 9.17) is 4.74 Å². The lowest BCUT2D eigenvalue weighted by Crippen LogP contribution is -2.27. The third-order valence-corrected chi connectivity index (χ3v) is 2.24. The zero-order valence-corrected chi connectivity index (χ0v) is 9.04. The molecule has 2 heterocycles. The zero-order chi connectivity index (χ0) is 11.7. The molecule has 0 spiro atoms. The first-order valence-corrected chi connectivity index (χ1v) is 4.85. The number of hydrogen-bond donors (Lipinski definition) is 1. The summed E-state index contributed by atoms with van der Waals surface area (Å²) in [6.07, 6.45) is -0.553. The topological polar surface area (TPSA) is 88.4 Å². The molecular weight excluding hydrogens is 212 g/mol. The second-order valence-corrected chi connectivity index (χ2v) is 3.53. The van der Waals surface area contributed by atoms with Crippen molar-refractivity contribution in [1.82, 2.24) is 15.0 Å². The lowest BCUT2D eigenvalue weighted by atomic mass is 10.3. The van der Waals surface area contributed by atoms with Crippen molar-refractivity contribution in [2.45, 2.75) is 19.4 Å². The lowest BCUT2D eigenvalue weighted by molar-refractivity contribution is -0.117. The fourth-order valence-corrected chi connectivity index (χ4v) is 1.54. The molecule has 0 saturated carbocycles. The number of aliphatic hydroxyl groups excluding tert-OH is 1. The predicted molar refractivity (Wildman–Crippen MR) is 54.1 cm³/mol. The molecule has 0 radical (unpaired) electrons. The molecule has 1 N–H and O–H groups in total. The van der Waals surface area contributed by atoms with Gasteiger partial charge >= 0.3 is 6.01 Å². The predicted octanol–water partition coefficient (Wildman–Crippen LogP) is -0.714. The fraction of sp³-hybridized carbons (Fsp3) is 0.556. The van der Waals surface area contributed by atoms with Crippen molar-refractivity contribution in [2.24, 2.45) is 0 Å². The van der Waals surface area contributed by atoms with Gasteiger partial charge in [0.15, 0.2) is 0 Å². The molecule has 86 valence electrons. The molecule has 16 heavy (non-hydrogen) atoms. The number of carbonyl (C=O) groups is 1. The first-order chi connectivity index (χ1) is 7.60. The third-order valence-electron chi connectivity index (χ3n) is 2.24. The normalized spacial score (nSPS) is 20.3. The lowest BCUT2D eigenvalue weighted by Gasteiger charge is -2.13. The van der Waals surface area contributed by atoms with Crippen LogP contribution < -0.4 is 9.64 Å². The van der Waals surface area contributed by atoms with Crippen LogP contribution in [0.15, 0.2) is 0 Å². The molecule has 0 aliphatic carbocycles. The number of rotatable bonds is 2. The molecule has 1 unspecified atom stereocenters. The Labute approximate surface area is 92.1 Å². The smallest absolute Gasteiger partial charge is 0.321 e. The van der Waals surface area contributed by atoms with Gasteiger partial charge in [-0.2, -0.15) is 15.0 Å². The molecule has 1 atom stereocenters. The number of nitrogens with zero attached hydrogens (tertiary/aromatic N) is 4. The molecule has 7 heteroatoms. The molecule has 1 aromatic heterocycles. The van der Waals surface area contributed by atoms with Crippen molar-refractivity contribution < 1.29 is 14.6 Å². The number of carbonyl (C=O) groups excluding carboxylic acids is 1. The van der Waals surface area contributed by atoms with Gasteiger partial charge in [0.2, 0.25) is 11.9 Å². The number of aromatic nitrogens is 3. The Hall–Kier alpha value is -1.76. The van der Waals surface area contributed by atoms with E-state index in [1.165, 1.54) is 12.0 Å². The van der Waals surface area contributed by atoms with Crippen LogP contribution in [0.4, 0.5) is 5.95 Å². The SMILES string of the molecule is COc1nc(C)nc(N2CC(O)CC2=O)n1. The second-order valence-electron chi connectivity index (χ2n) is 3.53. The minimum absolute atomic E-state index is 0.104. The molecular formula is C9H12N4O3. The highest BCUT2D eigenvalue weighted by Crippen LogP contribution is 2.19. The summed E-state index contributed by atoms with van der Waals surface area (Å²) in [4.78, 5) is 24.8. The van der Waals surface area contributed by atoms with Crippen LogP contribution >= 0.6 is 0 Å². The zero-order valence-electron chi connectivity index (χ0n) is 9.04. The molecule has 2 rings (SSSR count). The van der Waals surface area contributed by atoms with Crippen LogP contribution in [-0.4, -0.2) is 45.7 Å². The number of β-amino-alcohol motifs (C(OH)–C–C–N with tert-alkyl or cyclic N) is 1. The number of ether oxygens (including phenoxy) is 1. The van der Waals surface area contributed by atoms with E-state index in [9.17, 15) is 9.90 Å². The van der Waals surface area contributed by atoms with Gasteiger partial charge in [-0.05, 0) is 6.92 Å². The van der Waals surface area contributed by atoms with Crippen molar-refractivity contribution in [3.05, 3.63) is 5.82 Å². The monoisotopic (exact) mass is 224 g/mol. The van der Waals surface area contributed by atoms with Gasteiger partial charge in [-0.15, -0.1) is 0 Å². The van der Waals surface area contributed by atoms with Crippen LogP contribution in [0.1, 0.15) is 12.2 Å². The van der Waals surface area contributed by atoms with Crippen LogP contribution in [0.2, 0.25) is 0 Å². The number of hydrogen-bond acceptors (Lipinski definition) is 6. The maximum Gasteiger partial charge on any atom is 0.321 e. The summed E-state index contributed by atoms with van der Waals surface area (Å²) >= 11 is 0. The molecule has 0 bridgehead atoms. The number of aliphatic hydroxyl groups is 1. The number of amides is 1.